The molecule has 178 valence electrons. The van der Waals surface area contributed by atoms with Gasteiger partial charge >= 0.3 is 0 Å². The van der Waals surface area contributed by atoms with Crippen molar-refractivity contribution in [1.82, 2.24) is 0 Å². The highest BCUT2D eigenvalue weighted by atomic mass is 16.6. The van der Waals surface area contributed by atoms with Crippen molar-refractivity contribution in [3.63, 3.8) is 0 Å². The first-order chi connectivity index (χ1) is 16.1. The van der Waals surface area contributed by atoms with Gasteiger partial charge in [-0.2, -0.15) is 0 Å². The van der Waals surface area contributed by atoms with E-state index in [-0.39, 0.29) is 0 Å². The number of ether oxygens (including phenoxy) is 5. The second kappa shape index (κ2) is 12.9. The topological polar surface area (TPSA) is 78.7 Å². The third-order valence-electron chi connectivity index (χ3n) is 5.26. The monoisotopic (exact) mass is 455 g/mol. The Morgan fingerprint density at radius 1 is 0.758 bits per heavy atom. The zero-order valence-electron chi connectivity index (χ0n) is 19.5. The standard InChI is InChI=1S/C26H33NO6/c1-19(2)21-6-9-25-26(18-21)33-16-11-29-10-4-5-23-17-22(20(3)27-28)7-8-24(23)31-14-12-30-13-15-32-25/h6-9,17-18,28H,1,4-5,10-16H2,2-3H3/b27-20-. The number of oxime groups is 1. The van der Waals surface area contributed by atoms with Crippen molar-refractivity contribution in [2.45, 2.75) is 26.7 Å². The maximum atomic E-state index is 9.09. The van der Waals surface area contributed by atoms with Gasteiger partial charge in [0.15, 0.2) is 11.5 Å². The second-order valence-corrected chi connectivity index (χ2v) is 7.82. The van der Waals surface area contributed by atoms with Gasteiger partial charge in [0.2, 0.25) is 0 Å². The van der Waals surface area contributed by atoms with Crippen molar-refractivity contribution in [2.75, 3.05) is 46.2 Å². The minimum Gasteiger partial charge on any atom is -0.491 e. The first-order valence-corrected chi connectivity index (χ1v) is 11.2. The minimum atomic E-state index is 0.402. The molecule has 1 aliphatic rings. The van der Waals surface area contributed by atoms with Gasteiger partial charge in [0.05, 0.1) is 25.5 Å². The molecule has 7 nitrogen and oxygen atoms in total. The Balaban J connectivity index is 1.65. The summed E-state index contributed by atoms with van der Waals surface area (Å²) in [6.45, 7) is 10.9. The number of hydrogen-bond acceptors (Lipinski definition) is 7. The smallest absolute Gasteiger partial charge is 0.161 e. The molecule has 0 radical (unpaired) electrons. The summed E-state index contributed by atoms with van der Waals surface area (Å²) in [5.74, 6) is 2.15. The normalized spacial score (nSPS) is 16.6. The summed E-state index contributed by atoms with van der Waals surface area (Å²) in [5.41, 5.74) is 4.43. The SMILES string of the molecule is C=C(C)c1ccc2c(c1)OCCOCCCc1cc(/C(C)=N\O)ccc1OCCOCCO2. The molecule has 7 heteroatoms. The summed E-state index contributed by atoms with van der Waals surface area (Å²) in [5, 5.41) is 12.4. The summed E-state index contributed by atoms with van der Waals surface area (Å²) in [4.78, 5) is 0. The zero-order valence-corrected chi connectivity index (χ0v) is 19.5. The predicted octanol–water partition coefficient (Wildman–Crippen LogP) is 4.73. The third kappa shape index (κ3) is 7.51. The first kappa shape index (κ1) is 24.6. The van der Waals surface area contributed by atoms with Gasteiger partial charge in [0, 0.05) is 6.61 Å². The van der Waals surface area contributed by atoms with Crippen molar-refractivity contribution in [2.24, 2.45) is 5.16 Å². The van der Waals surface area contributed by atoms with Crippen molar-refractivity contribution in [1.29, 1.82) is 0 Å². The number of benzene rings is 2. The van der Waals surface area contributed by atoms with Crippen LogP contribution in [0.4, 0.5) is 0 Å². The molecule has 1 N–H and O–H groups in total. The molecule has 0 unspecified atom stereocenters. The van der Waals surface area contributed by atoms with Crippen LogP contribution in [0.3, 0.4) is 0 Å². The van der Waals surface area contributed by atoms with Gasteiger partial charge in [-0.05, 0) is 73.7 Å². The molecule has 3 rings (SSSR count). The van der Waals surface area contributed by atoms with Crippen LogP contribution in [0.5, 0.6) is 17.2 Å². The molecule has 1 heterocycles. The van der Waals surface area contributed by atoms with Crippen LogP contribution in [0.1, 0.15) is 37.0 Å². The van der Waals surface area contributed by atoms with Crippen molar-refractivity contribution < 1.29 is 28.9 Å². The second-order valence-electron chi connectivity index (χ2n) is 7.82. The fourth-order valence-corrected chi connectivity index (χ4v) is 3.40. The van der Waals surface area contributed by atoms with Crippen molar-refractivity contribution in [3.05, 3.63) is 59.7 Å². The Kier molecular flexibility index (Phi) is 9.59. The maximum Gasteiger partial charge on any atom is 0.161 e. The summed E-state index contributed by atoms with van der Waals surface area (Å²) in [6.07, 6.45) is 1.60. The van der Waals surface area contributed by atoms with Crippen LogP contribution in [0.25, 0.3) is 5.57 Å². The van der Waals surface area contributed by atoms with Gasteiger partial charge in [0.1, 0.15) is 25.6 Å². The average molecular weight is 456 g/mol. The maximum absolute atomic E-state index is 9.09. The van der Waals surface area contributed by atoms with Gasteiger partial charge in [-0.15, -0.1) is 0 Å². The Morgan fingerprint density at radius 2 is 1.36 bits per heavy atom. The third-order valence-corrected chi connectivity index (χ3v) is 5.26. The lowest BCUT2D eigenvalue weighted by Gasteiger charge is -2.16. The quantitative estimate of drug-likeness (QED) is 0.401. The van der Waals surface area contributed by atoms with E-state index < -0.39 is 0 Å². The van der Waals surface area contributed by atoms with Crippen LogP contribution < -0.4 is 14.2 Å². The molecule has 0 saturated heterocycles. The van der Waals surface area contributed by atoms with Crippen LogP contribution in [0.2, 0.25) is 0 Å². The Hall–Kier alpha value is -3.03. The number of fused-ring (bicyclic) bond motifs is 2. The van der Waals surface area contributed by atoms with E-state index in [0.717, 1.165) is 40.9 Å². The largest absolute Gasteiger partial charge is 0.491 e. The lowest BCUT2D eigenvalue weighted by molar-refractivity contribution is 0.0727. The zero-order chi connectivity index (χ0) is 23.5. The van der Waals surface area contributed by atoms with Gasteiger partial charge in [0.25, 0.3) is 0 Å². The Labute approximate surface area is 195 Å². The molecule has 2 aromatic rings. The van der Waals surface area contributed by atoms with E-state index in [1.54, 1.807) is 6.92 Å². The van der Waals surface area contributed by atoms with Crippen LogP contribution in [0, 0.1) is 0 Å². The highest BCUT2D eigenvalue weighted by Gasteiger charge is 2.10. The lowest BCUT2D eigenvalue weighted by Crippen LogP contribution is -2.14. The van der Waals surface area contributed by atoms with E-state index in [0.29, 0.717) is 63.5 Å². The highest BCUT2D eigenvalue weighted by Crippen LogP contribution is 2.30. The van der Waals surface area contributed by atoms with Crippen molar-refractivity contribution in [3.8, 4) is 17.2 Å². The van der Waals surface area contributed by atoms with E-state index >= 15 is 0 Å². The molecular weight excluding hydrogens is 422 g/mol. The summed E-state index contributed by atoms with van der Waals surface area (Å²) in [7, 11) is 0. The van der Waals surface area contributed by atoms with E-state index in [1.165, 1.54) is 0 Å². The van der Waals surface area contributed by atoms with Crippen LogP contribution in [-0.4, -0.2) is 57.2 Å². The van der Waals surface area contributed by atoms with E-state index in [4.69, 9.17) is 28.9 Å². The summed E-state index contributed by atoms with van der Waals surface area (Å²) < 4.78 is 29.2. The Morgan fingerprint density at radius 3 is 2.06 bits per heavy atom. The van der Waals surface area contributed by atoms with Gasteiger partial charge in [-0.1, -0.05) is 23.4 Å². The molecule has 1 aliphatic heterocycles. The van der Waals surface area contributed by atoms with Gasteiger partial charge < -0.3 is 28.9 Å². The number of hydrogen-bond donors (Lipinski definition) is 1. The van der Waals surface area contributed by atoms with E-state index in [1.807, 2.05) is 43.3 Å². The lowest BCUT2D eigenvalue weighted by atomic mass is 10.0. The first-order valence-electron chi connectivity index (χ1n) is 11.2. The highest BCUT2D eigenvalue weighted by molar-refractivity contribution is 5.98. The molecule has 0 amide bonds. The molecular formula is C26H33NO6. The average Bonchev–Trinajstić information content (AvgIpc) is 2.82. The fourth-order valence-electron chi connectivity index (χ4n) is 3.40. The molecule has 2 aromatic carbocycles. The van der Waals surface area contributed by atoms with Crippen LogP contribution >= 0.6 is 0 Å². The molecule has 33 heavy (non-hydrogen) atoms. The summed E-state index contributed by atoms with van der Waals surface area (Å²) >= 11 is 0. The van der Waals surface area contributed by atoms with Crippen LogP contribution in [-0.2, 0) is 15.9 Å². The van der Waals surface area contributed by atoms with Gasteiger partial charge in [-0.25, -0.2) is 0 Å². The molecule has 0 atom stereocenters. The number of nitrogens with zero attached hydrogens (tertiary/aromatic N) is 1. The molecule has 0 spiro atoms. The Bertz CT molecular complexity index is 956. The molecule has 0 aromatic heterocycles. The summed E-state index contributed by atoms with van der Waals surface area (Å²) in [6, 6.07) is 11.6. The molecule has 0 fully saturated rings. The van der Waals surface area contributed by atoms with E-state index in [2.05, 4.69) is 11.7 Å². The molecule has 0 saturated carbocycles. The van der Waals surface area contributed by atoms with Crippen LogP contribution in [0.15, 0.2) is 48.1 Å². The minimum absolute atomic E-state index is 0.402. The number of rotatable bonds is 2. The van der Waals surface area contributed by atoms with Gasteiger partial charge in [-0.3, -0.25) is 0 Å². The van der Waals surface area contributed by atoms with E-state index in [9.17, 15) is 0 Å². The number of allylic oxidation sites excluding steroid dienone is 1. The van der Waals surface area contributed by atoms with Crippen molar-refractivity contribution >= 4 is 11.3 Å². The predicted molar refractivity (Wildman–Crippen MR) is 128 cm³/mol. The number of aryl methyl sites for hydroxylation is 1. The molecule has 0 aliphatic carbocycles. The molecule has 0 bridgehead atoms. The fraction of sp³-hybridized carbons (Fsp3) is 0.423.